The van der Waals surface area contributed by atoms with Crippen molar-refractivity contribution >= 4 is 34.0 Å². The second-order valence-electron chi connectivity index (χ2n) is 7.75. The number of nitriles is 1. The number of phenols is 1. The summed E-state index contributed by atoms with van der Waals surface area (Å²) < 4.78 is 20.2. The molecule has 4 aromatic rings. The molecule has 0 radical (unpaired) electrons. The van der Waals surface area contributed by atoms with Crippen molar-refractivity contribution < 1.29 is 13.9 Å². The smallest absolute Gasteiger partial charge is 0.315 e. The van der Waals surface area contributed by atoms with Gasteiger partial charge in [-0.3, -0.25) is 5.10 Å². The van der Waals surface area contributed by atoms with Crippen LogP contribution in [0.2, 0.25) is 0 Å². The first-order valence-corrected chi connectivity index (χ1v) is 11.0. The molecule has 10 nitrogen and oxygen atoms in total. The summed E-state index contributed by atoms with van der Waals surface area (Å²) in [6.07, 6.45) is 0.928. The molecule has 0 amide bonds. The van der Waals surface area contributed by atoms with Crippen LogP contribution in [0, 0.1) is 24.1 Å². The van der Waals surface area contributed by atoms with E-state index in [0.717, 1.165) is 32.1 Å². The number of aromatic nitrogens is 5. The number of aryl methyl sites for hydroxylation is 1. The van der Waals surface area contributed by atoms with Gasteiger partial charge in [0.05, 0.1) is 16.6 Å². The van der Waals surface area contributed by atoms with Gasteiger partial charge >= 0.3 is 6.01 Å². The molecule has 0 fully saturated rings. The minimum absolute atomic E-state index is 0. The lowest BCUT2D eigenvalue weighted by molar-refractivity contribution is 0.302. The standard InChI is InChI=1S/C23H25FN8O2.BrH/c1-4-32(5-2)10-6-9-26-23-31-30-22(34-23)20-18-13(3)16(12-25)19(27-21(18)29-28-20)15-8-7-14(33)11-17(15)24;/h7-8,11,33H,4-6,9-10H2,1-3H3,(H,26,31)(H,27,28,29);1H. The van der Waals surface area contributed by atoms with Crippen molar-refractivity contribution in [2.45, 2.75) is 27.2 Å². The second kappa shape index (κ2) is 11.2. The molecule has 184 valence electrons. The molecule has 0 saturated carbocycles. The molecule has 0 bridgehead atoms. The average molecular weight is 545 g/mol. The number of halogens is 2. The SMILES string of the molecule is Br.CCN(CC)CCCNc1nnc(-c2[nH]nc3nc(-c4ccc(O)cc4F)c(C#N)c(C)c23)o1. The van der Waals surface area contributed by atoms with Gasteiger partial charge in [-0.05, 0) is 50.7 Å². The molecule has 4 rings (SSSR count). The number of aromatic amines is 1. The van der Waals surface area contributed by atoms with Crippen LogP contribution in [0.1, 0.15) is 31.4 Å². The number of benzene rings is 1. The molecule has 0 aliphatic rings. The minimum atomic E-state index is -0.688. The Morgan fingerprint density at radius 3 is 2.71 bits per heavy atom. The van der Waals surface area contributed by atoms with E-state index < -0.39 is 5.82 Å². The van der Waals surface area contributed by atoms with Gasteiger partial charge in [-0.25, -0.2) is 9.37 Å². The van der Waals surface area contributed by atoms with Crippen LogP contribution < -0.4 is 5.32 Å². The number of rotatable bonds is 9. The summed E-state index contributed by atoms with van der Waals surface area (Å²) in [6, 6.07) is 6.08. The van der Waals surface area contributed by atoms with Gasteiger partial charge in [-0.2, -0.15) is 10.4 Å². The zero-order chi connectivity index (χ0) is 24.2. The summed E-state index contributed by atoms with van der Waals surface area (Å²) in [4.78, 5) is 6.75. The summed E-state index contributed by atoms with van der Waals surface area (Å²) in [7, 11) is 0. The highest BCUT2D eigenvalue weighted by atomic mass is 79.9. The molecule has 12 heteroatoms. The molecular weight excluding hydrogens is 519 g/mol. The Balaban J connectivity index is 0.00000342. The lowest BCUT2D eigenvalue weighted by Gasteiger charge is -2.17. The number of hydrogen-bond donors (Lipinski definition) is 3. The van der Waals surface area contributed by atoms with Crippen LogP contribution in [-0.2, 0) is 0 Å². The zero-order valence-corrected chi connectivity index (χ0v) is 21.3. The fraction of sp³-hybridized carbons (Fsp3) is 0.348. The average Bonchev–Trinajstić information content (AvgIpc) is 3.46. The Labute approximate surface area is 212 Å². The van der Waals surface area contributed by atoms with Gasteiger partial charge in [0.2, 0.25) is 0 Å². The first-order valence-electron chi connectivity index (χ1n) is 11.0. The van der Waals surface area contributed by atoms with E-state index in [1.165, 1.54) is 12.1 Å². The highest BCUT2D eigenvalue weighted by molar-refractivity contribution is 8.93. The van der Waals surface area contributed by atoms with Crippen molar-refractivity contribution in [1.29, 1.82) is 5.26 Å². The summed E-state index contributed by atoms with van der Waals surface area (Å²) >= 11 is 0. The molecule has 0 atom stereocenters. The van der Waals surface area contributed by atoms with Crippen molar-refractivity contribution in [1.82, 2.24) is 30.3 Å². The van der Waals surface area contributed by atoms with E-state index in [0.29, 0.717) is 23.2 Å². The number of hydrogen-bond acceptors (Lipinski definition) is 9. The molecule has 3 N–H and O–H groups in total. The van der Waals surface area contributed by atoms with Gasteiger partial charge in [0.15, 0.2) is 5.65 Å². The van der Waals surface area contributed by atoms with Crippen molar-refractivity contribution in [2.75, 3.05) is 31.5 Å². The third-order valence-electron chi connectivity index (χ3n) is 5.73. The molecule has 3 aromatic heterocycles. The van der Waals surface area contributed by atoms with Crippen molar-refractivity contribution in [2.24, 2.45) is 0 Å². The summed E-state index contributed by atoms with van der Waals surface area (Å²) in [5, 5.41) is 38.2. The van der Waals surface area contributed by atoms with Gasteiger partial charge in [-0.1, -0.05) is 18.9 Å². The highest BCUT2D eigenvalue weighted by Gasteiger charge is 2.23. The van der Waals surface area contributed by atoms with Gasteiger partial charge in [0, 0.05) is 18.2 Å². The van der Waals surface area contributed by atoms with Crippen LogP contribution in [0.3, 0.4) is 0 Å². The van der Waals surface area contributed by atoms with Crippen LogP contribution in [0.25, 0.3) is 33.9 Å². The number of aromatic hydroxyl groups is 1. The lowest BCUT2D eigenvalue weighted by atomic mass is 9.99. The van der Waals surface area contributed by atoms with Crippen molar-refractivity contribution in [3.63, 3.8) is 0 Å². The normalized spacial score (nSPS) is 11.0. The Morgan fingerprint density at radius 2 is 2.03 bits per heavy atom. The van der Waals surface area contributed by atoms with Crippen LogP contribution in [0.4, 0.5) is 10.4 Å². The predicted molar refractivity (Wildman–Crippen MR) is 135 cm³/mol. The Morgan fingerprint density at radius 1 is 1.26 bits per heavy atom. The quantitative estimate of drug-likeness (QED) is 0.261. The largest absolute Gasteiger partial charge is 0.508 e. The van der Waals surface area contributed by atoms with Crippen LogP contribution >= 0.6 is 17.0 Å². The molecule has 3 heterocycles. The maximum absolute atomic E-state index is 14.5. The fourth-order valence-corrected chi connectivity index (χ4v) is 3.85. The fourth-order valence-electron chi connectivity index (χ4n) is 3.85. The van der Waals surface area contributed by atoms with Crippen LogP contribution in [-0.4, -0.2) is 61.6 Å². The minimum Gasteiger partial charge on any atom is -0.508 e. The number of nitrogens with zero attached hydrogens (tertiary/aromatic N) is 6. The first kappa shape index (κ1) is 26.1. The monoisotopic (exact) mass is 544 g/mol. The number of nitrogens with one attached hydrogen (secondary N) is 2. The molecule has 1 aromatic carbocycles. The third-order valence-corrected chi connectivity index (χ3v) is 5.73. The Kier molecular flexibility index (Phi) is 8.37. The van der Waals surface area contributed by atoms with Gasteiger partial charge in [0.1, 0.15) is 23.3 Å². The molecule has 0 saturated heterocycles. The van der Waals surface area contributed by atoms with Gasteiger partial charge < -0.3 is 19.7 Å². The number of phenolic OH excluding ortho intramolecular Hbond substituents is 1. The number of anilines is 1. The van der Waals surface area contributed by atoms with E-state index >= 15 is 0 Å². The molecule has 35 heavy (non-hydrogen) atoms. The maximum Gasteiger partial charge on any atom is 0.315 e. The summed E-state index contributed by atoms with van der Waals surface area (Å²) in [5.41, 5.74) is 1.68. The predicted octanol–water partition coefficient (Wildman–Crippen LogP) is 4.42. The van der Waals surface area contributed by atoms with E-state index in [9.17, 15) is 14.8 Å². The molecule has 0 unspecified atom stereocenters. The Hall–Kier alpha value is -3.56. The topological polar surface area (TPSA) is 140 Å². The highest BCUT2D eigenvalue weighted by Crippen LogP contribution is 2.35. The molecular formula is C23H26BrFN8O2. The first-order chi connectivity index (χ1) is 16.5. The molecule has 0 spiro atoms. The van der Waals surface area contributed by atoms with Gasteiger partial charge in [-0.15, -0.1) is 22.1 Å². The molecule has 0 aliphatic heterocycles. The Bertz CT molecular complexity index is 1360. The van der Waals surface area contributed by atoms with Crippen LogP contribution in [0.5, 0.6) is 5.75 Å². The zero-order valence-electron chi connectivity index (χ0n) is 19.6. The van der Waals surface area contributed by atoms with Crippen LogP contribution in [0.15, 0.2) is 22.6 Å². The van der Waals surface area contributed by atoms with Crippen molar-refractivity contribution in [3.8, 4) is 34.7 Å². The number of H-pyrrole nitrogens is 1. The number of fused-ring (bicyclic) bond motifs is 1. The summed E-state index contributed by atoms with van der Waals surface area (Å²) in [6.45, 7) is 9.66. The third kappa shape index (κ3) is 5.26. The van der Waals surface area contributed by atoms with E-state index in [2.05, 4.69) is 55.5 Å². The second-order valence-corrected chi connectivity index (χ2v) is 7.75. The summed E-state index contributed by atoms with van der Waals surface area (Å²) in [5.74, 6) is -0.702. The number of pyridine rings is 1. The van der Waals surface area contributed by atoms with Crippen molar-refractivity contribution in [3.05, 3.63) is 35.1 Å². The lowest BCUT2D eigenvalue weighted by Crippen LogP contribution is -2.25. The van der Waals surface area contributed by atoms with E-state index in [1.54, 1.807) is 6.92 Å². The molecule has 0 aliphatic carbocycles. The van der Waals surface area contributed by atoms with Gasteiger partial charge in [0.25, 0.3) is 5.89 Å². The van der Waals surface area contributed by atoms with E-state index in [1.807, 2.05) is 0 Å². The van der Waals surface area contributed by atoms with E-state index in [4.69, 9.17) is 4.42 Å². The van der Waals surface area contributed by atoms with E-state index in [-0.39, 0.29) is 57.1 Å². The maximum atomic E-state index is 14.5.